The molecule has 2 aromatic carbocycles. The van der Waals surface area contributed by atoms with Crippen molar-refractivity contribution in [2.24, 2.45) is 11.8 Å². The van der Waals surface area contributed by atoms with Crippen LogP contribution < -0.4 is 5.32 Å². The van der Waals surface area contributed by atoms with E-state index in [0.29, 0.717) is 11.5 Å². The molecule has 27 heavy (non-hydrogen) atoms. The Hall–Kier alpha value is -2.83. The van der Waals surface area contributed by atoms with Crippen molar-refractivity contribution in [3.05, 3.63) is 65.5 Å². The lowest BCUT2D eigenvalue weighted by Gasteiger charge is -2.20. The number of aromatic amines is 1. The van der Waals surface area contributed by atoms with Gasteiger partial charge in [0.2, 0.25) is 11.7 Å². The van der Waals surface area contributed by atoms with Gasteiger partial charge in [0, 0.05) is 5.92 Å². The van der Waals surface area contributed by atoms with Crippen molar-refractivity contribution >= 4 is 16.9 Å². The van der Waals surface area contributed by atoms with Crippen LogP contribution in [0, 0.1) is 11.8 Å². The van der Waals surface area contributed by atoms with E-state index in [4.69, 9.17) is 0 Å². The maximum absolute atomic E-state index is 12.9. The number of H-pyrrole nitrogens is 1. The molecule has 4 rings (SSSR count). The highest BCUT2D eigenvalue weighted by Gasteiger charge is 2.40. The lowest BCUT2D eigenvalue weighted by atomic mass is 9.98. The second kappa shape index (κ2) is 6.40. The van der Waals surface area contributed by atoms with Gasteiger partial charge in [-0.3, -0.25) is 4.79 Å². The highest BCUT2D eigenvalue weighted by Crippen LogP contribution is 2.39. The fourth-order valence-electron chi connectivity index (χ4n) is 3.28. The first-order chi connectivity index (χ1) is 12.8. The van der Waals surface area contributed by atoms with E-state index in [1.54, 1.807) is 12.1 Å². The van der Waals surface area contributed by atoms with Crippen LogP contribution in [0.5, 0.6) is 0 Å². The average Bonchev–Trinajstić information content (AvgIpc) is 3.20. The molecule has 1 saturated carbocycles. The summed E-state index contributed by atoms with van der Waals surface area (Å²) in [5.74, 6) is -0.687. The van der Waals surface area contributed by atoms with Crippen molar-refractivity contribution in [3.8, 4) is 0 Å². The number of hydrogen-bond donors (Lipinski definition) is 2. The highest BCUT2D eigenvalue weighted by atomic mass is 19.4. The third-order valence-corrected chi connectivity index (χ3v) is 4.97. The van der Waals surface area contributed by atoms with Crippen molar-refractivity contribution in [1.29, 1.82) is 0 Å². The summed E-state index contributed by atoms with van der Waals surface area (Å²) in [6, 6.07) is 13.8. The van der Waals surface area contributed by atoms with Crippen LogP contribution in [0.25, 0.3) is 11.0 Å². The van der Waals surface area contributed by atoms with Crippen LogP contribution in [-0.4, -0.2) is 15.9 Å². The third-order valence-electron chi connectivity index (χ3n) is 4.97. The van der Waals surface area contributed by atoms with Crippen LogP contribution in [-0.2, 0) is 11.0 Å². The molecule has 1 aliphatic carbocycles. The summed E-state index contributed by atoms with van der Waals surface area (Å²) in [5.41, 5.74) is 2.09. The number of alkyl halides is 3. The van der Waals surface area contributed by atoms with Crippen molar-refractivity contribution < 1.29 is 18.0 Å². The highest BCUT2D eigenvalue weighted by molar-refractivity contribution is 5.83. The summed E-state index contributed by atoms with van der Waals surface area (Å²) in [6.07, 6.45) is -3.67. The van der Waals surface area contributed by atoms with E-state index in [-0.39, 0.29) is 22.9 Å². The molecular formula is C20H18F3N3O. The molecule has 0 aliphatic heterocycles. The standard InChI is InChI=1S/C20H18F3N3O/c1-11-9-14(11)18(27)26-17(12-5-3-2-4-6-12)13-7-8-15-16(10-13)25-19(24-15)20(21,22)23/h2-8,10-11,14,17H,9H2,1H3,(H,24,25)(H,26,27)/t11-,14+,17-/m1/s1. The van der Waals surface area contributed by atoms with E-state index in [0.717, 1.165) is 12.0 Å². The van der Waals surface area contributed by atoms with Gasteiger partial charge in [0.1, 0.15) is 0 Å². The maximum Gasteiger partial charge on any atom is 0.449 e. The number of carbonyl (C=O) groups is 1. The third kappa shape index (κ3) is 3.54. The number of nitrogens with zero attached hydrogens (tertiary/aromatic N) is 1. The number of aromatic nitrogens is 2. The van der Waals surface area contributed by atoms with Gasteiger partial charge in [0.25, 0.3) is 0 Å². The molecule has 0 bridgehead atoms. The smallest absolute Gasteiger partial charge is 0.345 e. The lowest BCUT2D eigenvalue weighted by Crippen LogP contribution is -2.30. The van der Waals surface area contributed by atoms with E-state index in [9.17, 15) is 18.0 Å². The molecule has 3 aromatic rings. The van der Waals surface area contributed by atoms with Crippen LogP contribution in [0.1, 0.15) is 36.3 Å². The molecule has 3 atom stereocenters. The molecule has 1 amide bonds. The van der Waals surface area contributed by atoms with E-state index in [1.807, 2.05) is 37.3 Å². The van der Waals surface area contributed by atoms with Gasteiger partial charge in [0.15, 0.2) is 0 Å². The molecule has 1 heterocycles. The Balaban J connectivity index is 1.71. The number of hydrogen-bond acceptors (Lipinski definition) is 2. The van der Waals surface area contributed by atoms with Gasteiger partial charge in [-0.2, -0.15) is 13.2 Å². The zero-order valence-electron chi connectivity index (χ0n) is 14.5. The van der Waals surface area contributed by atoms with Gasteiger partial charge in [-0.1, -0.05) is 43.3 Å². The quantitative estimate of drug-likeness (QED) is 0.710. The van der Waals surface area contributed by atoms with E-state index in [1.165, 1.54) is 6.07 Å². The number of benzene rings is 2. The van der Waals surface area contributed by atoms with Crippen LogP contribution >= 0.6 is 0 Å². The molecule has 2 N–H and O–H groups in total. The van der Waals surface area contributed by atoms with Gasteiger partial charge in [0.05, 0.1) is 17.1 Å². The molecule has 0 spiro atoms. The fraction of sp³-hybridized carbons (Fsp3) is 0.300. The van der Waals surface area contributed by atoms with Gasteiger partial charge >= 0.3 is 6.18 Å². The molecule has 0 radical (unpaired) electrons. The minimum absolute atomic E-state index is 0.00364. The SMILES string of the molecule is C[C@@H]1C[C@@H]1C(=O)N[C@H](c1ccccc1)c1ccc2nc(C(F)(F)F)[nH]c2c1. The largest absolute Gasteiger partial charge is 0.449 e. The number of carbonyl (C=O) groups excluding carboxylic acids is 1. The Morgan fingerprint density at radius 2 is 1.89 bits per heavy atom. The number of fused-ring (bicyclic) bond motifs is 1. The second-order valence-electron chi connectivity index (χ2n) is 7.03. The normalized spacial score (nSPS) is 20.4. The predicted molar refractivity (Wildman–Crippen MR) is 94.8 cm³/mol. The minimum atomic E-state index is -4.53. The van der Waals surface area contributed by atoms with Crippen LogP contribution in [0.4, 0.5) is 13.2 Å². The molecule has 4 nitrogen and oxygen atoms in total. The Labute approximate surface area is 153 Å². The van der Waals surface area contributed by atoms with Crippen LogP contribution in [0.2, 0.25) is 0 Å². The Morgan fingerprint density at radius 1 is 1.19 bits per heavy atom. The number of nitrogens with one attached hydrogen (secondary N) is 2. The molecule has 140 valence electrons. The Bertz CT molecular complexity index is 981. The van der Waals surface area contributed by atoms with Gasteiger partial charge in [-0.25, -0.2) is 4.98 Å². The van der Waals surface area contributed by atoms with Crippen molar-refractivity contribution in [2.45, 2.75) is 25.6 Å². The lowest BCUT2D eigenvalue weighted by molar-refractivity contribution is -0.144. The Morgan fingerprint density at radius 3 is 2.52 bits per heavy atom. The van der Waals surface area contributed by atoms with Crippen LogP contribution in [0.15, 0.2) is 48.5 Å². The minimum Gasteiger partial charge on any atom is -0.345 e. The number of imidazole rings is 1. The van der Waals surface area contributed by atoms with E-state index in [2.05, 4.69) is 15.3 Å². The molecule has 1 fully saturated rings. The fourth-order valence-corrected chi connectivity index (χ4v) is 3.28. The summed E-state index contributed by atoms with van der Waals surface area (Å²) in [5, 5.41) is 3.05. The first kappa shape index (κ1) is 17.6. The maximum atomic E-state index is 12.9. The van der Waals surface area contributed by atoms with E-state index < -0.39 is 18.0 Å². The Kier molecular flexibility index (Phi) is 4.17. The summed E-state index contributed by atoms with van der Waals surface area (Å²) in [7, 11) is 0. The summed E-state index contributed by atoms with van der Waals surface area (Å²) >= 11 is 0. The first-order valence-corrected chi connectivity index (χ1v) is 8.75. The molecule has 0 unspecified atom stereocenters. The molecule has 0 saturated heterocycles. The summed E-state index contributed by atoms with van der Waals surface area (Å²) < 4.78 is 38.7. The summed E-state index contributed by atoms with van der Waals surface area (Å²) in [6.45, 7) is 2.02. The summed E-state index contributed by atoms with van der Waals surface area (Å²) in [4.78, 5) is 18.4. The average molecular weight is 373 g/mol. The molecule has 1 aliphatic rings. The van der Waals surface area contributed by atoms with E-state index >= 15 is 0 Å². The van der Waals surface area contributed by atoms with Crippen molar-refractivity contribution in [1.82, 2.24) is 15.3 Å². The van der Waals surface area contributed by atoms with Gasteiger partial charge in [-0.15, -0.1) is 0 Å². The monoisotopic (exact) mass is 373 g/mol. The molecule has 1 aromatic heterocycles. The first-order valence-electron chi connectivity index (χ1n) is 8.75. The molecular weight excluding hydrogens is 355 g/mol. The zero-order valence-corrected chi connectivity index (χ0v) is 14.5. The predicted octanol–water partition coefficient (Wildman–Crippen LogP) is 4.44. The van der Waals surface area contributed by atoms with Crippen molar-refractivity contribution in [2.75, 3.05) is 0 Å². The molecule has 7 heteroatoms. The number of amides is 1. The zero-order chi connectivity index (χ0) is 19.2. The van der Waals surface area contributed by atoms with Crippen molar-refractivity contribution in [3.63, 3.8) is 0 Å². The van der Waals surface area contributed by atoms with Gasteiger partial charge < -0.3 is 10.3 Å². The topological polar surface area (TPSA) is 57.8 Å². The number of halogens is 3. The number of rotatable bonds is 4. The van der Waals surface area contributed by atoms with Crippen LogP contribution in [0.3, 0.4) is 0 Å². The second-order valence-corrected chi connectivity index (χ2v) is 7.03. The van der Waals surface area contributed by atoms with Gasteiger partial charge in [-0.05, 0) is 35.6 Å².